The van der Waals surface area contributed by atoms with Gasteiger partial charge in [-0.05, 0) is 30.0 Å². The van der Waals surface area contributed by atoms with E-state index >= 15 is 0 Å². The lowest BCUT2D eigenvalue weighted by molar-refractivity contribution is 0.220. The molecule has 2 aromatic rings. The van der Waals surface area contributed by atoms with Crippen LogP contribution in [0.2, 0.25) is 0 Å². The summed E-state index contributed by atoms with van der Waals surface area (Å²) in [6, 6.07) is 8.73. The minimum Gasteiger partial charge on any atom is -0.361 e. The molecule has 1 aliphatic heterocycles. The van der Waals surface area contributed by atoms with Crippen molar-refractivity contribution in [1.29, 1.82) is 0 Å². The van der Waals surface area contributed by atoms with E-state index in [1.807, 2.05) is 6.20 Å². The lowest BCUT2D eigenvalue weighted by Gasteiger charge is -2.36. The molecule has 3 rings (SSSR count). The Bertz CT molecular complexity index is 754. The largest absolute Gasteiger partial charge is 0.361 e. The normalized spacial score (nSPS) is 23.9. The van der Waals surface area contributed by atoms with Crippen molar-refractivity contribution in [3.8, 4) is 0 Å². The summed E-state index contributed by atoms with van der Waals surface area (Å²) in [5.74, 6) is 0.314. The van der Waals surface area contributed by atoms with Crippen molar-refractivity contribution in [1.82, 2.24) is 14.6 Å². The number of benzene rings is 1. The molecule has 0 saturated carbocycles. The van der Waals surface area contributed by atoms with E-state index in [1.165, 1.54) is 17.2 Å². The maximum atomic E-state index is 11.6. The fourth-order valence-corrected chi connectivity index (χ4v) is 4.20. The van der Waals surface area contributed by atoms with Crippen LogP contribution in [0.25, 0.3) is 10.9 Å². The average molecular weight is 321 g/mol. The fraction of sp³-hybridized carbons (Fsp3) is 0.500. The first-order chi connectivity index (χ1) is 10.4. The first kappa shape index (κ1) is 15.5. The summed E-state index contributed by atoms with van der Waals surface area (Å²) in [4.78, 5) is 3.23. The average Bonchev–Trinajstić information content (AvgIpc) is 2.94. The minimum atomic E-state index is -3.07. The number of fused-ring (bicyclic) bond motifs is 1. The monoisotopic (exact) mass is 321 g/mol. The lowest BCUT2D eigenvalue weighted by Crippen LogP contribution is -2.49. The molecule has 1 aromatic carbocycles. The Labute approximate surface area is 131 Å². The van der Waals surface area contributed by atoms with Gasteiger partial charge in [0.2, 0.25) is 10.0 Å². The number of hydrogen-bond acceptors (Lipinski definition) is 3. The summed E-state index contributed by atoms with van der Waals surface area (Å²) in [6.45, 7) is 4.13. The summed E-state index contributed by atoms with van der Waals surface area (Å²) in [6.07, 6.45) is 4.11. The van der Waals surface area contributed by atoms with Gasteiger partial charge in [0.25, 0.3) is 0 Å². The van der Waals surface area contributed by atoms with Crippen molar-refractivity contribution in [2.45, 2.75) is 25.9 Å². The van der Waals surface area contributed by atoms with Crippen molar-refractivity contribution in [3.05, 3.63) is 36.0 Å². The van der Waals surface area contributed by atoms with Crippen molar-refractivity contribution in [2.75, 3.05) is 19.3 Å². The topological polar surface area (TPSA) is 65.2 Å². The summed E-state index contributed by atoms with van der Waals surface area (Å²) in [5, 5.41) is 4.85. The molecule has 5 nitrogen and oxygen atoms in total. The maximum Gasteiger partial charge on any atom is 0.211 e. The minimum absolute atomic E-state index is 0.314. The van der Waals surface area contributed by atoms with Gasteiger partial charge >= 0.3 is 0 Å². The van der Waals surface area contributed by atoms with Gasteiger partial charge in [-0.25, -0.2) is 12.7 Å². The molecule has 2 atom stereocenters. The van der Waals surface area contributed by atoms with Crippen LogP contribution in [0.4, 0.5) is 0 Å². The van der Waals surface area contributed by atoms with Gasteiger partial charge < -0.3 is 10.3 Å². The third-order valence-corrected chi connectivity index (χ3v) is 5.85. The Balaban J connectivity index is 1.64. The zero-order chi connectivity index (χ0) is 15.7. The number of sulfonamides is 1. The second kappa shape index (κ2) is 6.02. The van der Waals surface area contributed by atoms with E-state index < -0.39 is 10.0 Å². The van der Waals surface area contributed by atoms with E-state index in [4.69, 9.17) is 0 Å². The number of piperidine rings is 1. The zero-order valence-corrected chi connectivity index (χ0v) is 13.9. The number of hydrogen-bond donors (Lipinski definition) is 2. The van der Waals surface area contributed by atoms with Crippen molar-refractivity contribution in [3.63, 3.8) is 0 Å². The molecular formula is C16H23N3O2S. The molecule has 0 bridgehead atoms. The smallest absolute Gasteiger partial charge is 0.211 e. The molecule has 0 spiro atoms. The number of H-pyrrole nitrogens is 1. The van der Waals surface area contributed by atoms with Crippen molar-refractivity contribution >= 4 is 20.9 Å². The van der Waals surface area contributed by atoms with Gasteiger partial charge in [-0.15, -0.1) is 0 Å². The van der Waals surface area contributed by atoms with Gasteiger partial charge in [0.05, 0.1) is 6.26 Å². The van der Waals surface area contributed by atoms with E-state index in [2.05, 4.69) is 41.5 Å². The van der Waals surface area contributed by atoms with E-state index in [-0.39, 0.29) is 0 Å². The van der Waals surface area contributed by atoms with Crippen molar-refractivity contribution < 1.29 is 8.42 Å². The standard InChI is InChI=1S/C16H23N3O2S/c1-12-11-19(22(2,20)21)9-7-15(12)18-10-13-4-3-5-16-14(13)6-8-17-16/h3-6,8,12,15,17-18H,7,9-11H2,1-2H3/t12-,15+/m1/s1. The number of aromatic amines is 1. The maximum absolute atomic E-state index is 11.6. The van der Waals surface area contributed by atoms with Crippen LogP contribution in [0.1, 0.15) is 18.9 Å². The van der Waals surface area contributed by atoms with Gasteiger partial charge in [-0.1, -0.05) is 19.1 Å². The van der Waals surface area contributed by atoms with Crippen LogP contribution in [0.15, 0.2) is 30.5 Å². The summed E-state index contributed by atoms with van der Waals surface area (Å²) < 4.78 is 24.9. The second-order valence-corrected chi connectivity index (χ2v) is 8.21. The quantitative estimate of drug-likeness (QED) is 0.904. The number of nitrogens with zero attached hydrogens (tertiary/aromatic N) is 1. The number of nitrogens with one attached hydrogen (secondary N) is 2. The predicted molar refractivity (Wildman–Crippen MR) is 89.1 cm³/mol. The van der Waals surface area contributed by atoms with Crippen LogP contribution in [-0.2, 0) is 16.6 Å². The van der Waals surface area contributed by atoms with E-state index in [1.54, 1.807) is 4.31 Å². The summed E-state index contributed by atoms with van der Waals surface area (Å²) >= 11 is 0. The van der Waals surface area contributed by atoms with E-state index in [0.29, 0.717) is 25.0 Å². The predicted octanol–water partition coefficient (Wildman–Crippen LogP) is 1.93. The van der Waals surface area contributed by atoms with E-state index in [9.17, 15) is 8.42 Å². The van der Waals surface area contributed by atoms with Crippen LogP contribution in [-0.4, -0.2) is 43.1 Å². The highest BCUT2D eigenvalue weighted by Gasteiger charge is 2.30. The SMILES string of the molecule is C[C@@H]1CN(S(C)(=O)=O)CC[C@@H]1NCc1cccc2[nH]ccc12. The highest BCUT2D eigenvalue weighted by atomic mass is 32.2. The summed E-state index contributed by atoms with van der Waals surface area (Å²) in [7, 11) is -3.07. The molecule has 2 N–H and O–H groups in total. The van der Waals surface area contributed by atoms with Gasteiger partial charge in [0, 0.05) is 42.8 Å². The Morgan fingerprint density at radius 3 is 2.91 bits per heavy atom. The number of rotatable bonds is 4. The molecular weight excluding hydrogens is 298 g/mol. The second-order valence-electron chi connectivity index (χ2n) is 6.23. The Kier molecular flexibility index (Phi) is 4.25. The van der Waals surface area contributed by atoms with Gasteiger partial charge in [0.1, 0.15) is 0 Å². The molecule has 22 heavy (non-hydrogen) atoms. The van der Waals surface area contributed by atoms with Crippen LogP contribution in [0, 0.1) is 5.92 Å². The van der Waals surface area contributed by atoms with Crippen LogP contribution < -0.4 is 5.32 Å². The van der Waals surface area contributed by atoms with Crippen LogP contribution >= 0.6 is 0 Å². The third kappa shape index (κ3) is 3.19. The molecule has 1 aromatic heterocycles. The molecule has 6 heteroatoms. The lowest BCUT2D eigenvalue weighted by atomic mass is 9.95. The first-order valence-corrected chi connectivity index (χ1v) is 9.53. The van der Waals surface area contributed by atoms with Crippen molar-refractivity contribution in [2.24, 2.45) is 5.92 Å². The molecule has 2 heterocycles. The molecule has 1 saturated heterocycles. The van der Waals surface area contributed by atoms with Gasteiger partial charge in [-0.3, -0.25) is 0 Å². The van der Waals surface area contributed by atoms with E-state index in [0.717, 1.165) is 18.5 Å². The molecule has 1 aliphatic rings. The van der Waals surface area contributed by atoms with Crippen LogP contribution in [0.5, 0.6) is 0 Å². The fourth-order valence-electron chi connectivity index (χ4n) is 3.26. The molecule has 1 fully saturated rings. The highest BCUT2D eigenvalue weighted by molar-refractivity contribution is 7.88. The third-order valence-electron chi connectivity index (χ3n) is 4.58. The van der Waals surface area contributed by atoms with Crippen LogP contribution in [0.3, 0.4) is 0 Å². The summed E-state index contributed by atoms with van der Waals surface area (Å²) in [5.41, 5.74) is 2.43. The molecule has 0 amide bonds. The highest BCUT2D eigenvalue weighted by Crippen LogP contribution is 2.21. The van der Waals surface area contributed by atoms with Gasteiger partial charge in [0.15, 0.2) is 0 Å². The number of aromatic nitrogens is 1. The Morgan fingerprint density at radius 2 is 2.18 bits per heavy atom. The first-order valence-electron chi connectivity index (χ1n) is 7.68. The molecule has 0 aliphatic carbocycles. The molecule has 120 valence electrons. The Hall–Kier alpha value is -1.37. The Morgan fingerprint density at radius 1 is 1.36 bits per heavy atom. The zero-order valence-electron chi connectivity index (χ0n) is 13.0. The van der Waals surface area contributed by atoms with Gasteiger partial charge in [-0.2, -0.15) is 0 Å². The molecule has 0 unspecified atom stereocenters. The molecule has 0 radical (unpaired) electrons.